The Hall–Kier alpha value is -0.0800. The minimum Gasteiger partial charge on any atom is -0.389 e. The largest absolute Gasteiger partial charge is 0.389 e. The van der Waals surface area contributed by atoms with Crippen molar-refractivity contribution in [1.29, 1.82) is 0 Å². The molecule has 1 saturated carbocycles. The first-order valence-corrected chi connectivity index (χ1v) is 11.9. The normalized spacial score (nSPS) is 53.7. The van der Waals surface area contributed by atoms with Gasteiger partial charge >= 0.3 is 0 Å². The maximum atomic E-state index is 11.0. The van der Waals surface area contributed by atoms with Crippen LogP contribution in [0.5, 0.6) is 0 Å². The number of aliphatic hydroxyl groups excluding tert-OH is 5. The predicted molar refractivity (Wildman–Crippen MR) is 116 cm³/mol. The molecule has 33 heavy (non-hydrogen) atoms. The molecule has 15 N–H and O–H groups in total. The Balaban J connectivity index is 1.72. The number of nitrogens with two attached hydrogens (primary N) is 5. The van der Waals surface area contributed by atoms with Crippen LogP contribution in [0.2, 0.25) is 0 Å². The van der Waals surface area contributed by atoms with Crippen molar-refractivity contribution in [3.63, 3.8) is 0 Å². The summed E-state index contributed by atoms with van der Waals surface area (Å²) >= 11 is 3.21. The van der Waals surface area contributed by atoms with Crippen LogP contribution >= 0.6 is 15.9 Å². The maximum absolute atomic E-state index is 11.0. The summed E-state index contributed by atoms with van der Waals surface area (Å²) in [5.41, 5.74) is 29.7. The first-order chi connectivity index (χ1) is 15.5. The zero-order valence-electron chi connectivity index (χ0n) is 17.9. The van der Waals surface area contributed by atoms with Crippen LogP contribution in [-0.4, -0.2) is 129 Å². The summed E-state index contributed by atoms with van der Waals surface area (Å²) in [6, 6.07) is -3.68. The molecule has 0 aromatic rings. The van der Waals surface area contributed by atoms with Gasteiger partial charge in [0.05, 0.1) is 24.3 Å². The van der Waals surface area contributed by atoms with Crippen LogP contribution in [0.1, 0.15) is 6.42 Å². The van der Waals surface area contributed by atoms with Gasteiger partial charge in [0.1, 0.15) is 42.7 Å². The topological polar surface area (TPSA) is 268 Å². The van der Waals surface area contributed by atoms with Gasteiger partial charge in [0.25, 0.3) is 0 Å². The summed E-state index contributed by atoms with van der Waals surface area (Å²) in [5, 5.41) is 52.0. The zero-order chi connectivity index (χ0) is 24.6. The molecule has 15 atom stereocenters. The first-order valence-electron chi connectivity index (χ1n) is 10.8. The summed E-state index contributed by atoms with van der Waals surface area (Å²) in [6.07, 6.45) is -12.8. The molecule has 0 aromatic carbocycles. The third kappa shape index (κ3) is 5.52. The summed E-state index contributed by atoms with van der Waals surface area (Å²) in [5.74, 6) is 0. The molecule has 3 rings (SSSR count). The highest BCUT2D eigenvalue weighted by Gasteiger charge is 2.51. The molecule has 0 aromatic heterocycles. The van der Waals surface area contributed by atoms with E-state index in [1.165, 1.54) is 0 Å². The van der Waals surface area contributed by atoms with Gasteiger partial charge in [0, 0.05) is 24.0 Å². The average Bonchev–Trinajstić information content (AvgIpc) is 2.79. The van der Waals surface area contributed by atoms with E-state index >= 15 is 0 Å². The molecule has 15 heteroatoms. The van der Waals surface area contributed by atoms with Crippen LogP contribution in [0, 0.1) is 0 Å². The number of rotatable bonds is 6. The molecule has 0 amide bonds. The Labute approximate surface area is 199 Å². The third-order valence-corrected chi connectivity index (χ3v) is 7.17. The number of ether oxygens (including phenoxy) is 4. The summed E-state index contributed by atoms with van der Waals surface area (Å²) in [4.78, 5) is 0. The van der Waals surface area contributed by atoms with Gasteiger partial charge in [-0.25, -0.2) is 0 Å². The van der Waals surface area contributed by atoms with E-state index in [0.29, 0.717) is 0 Å². The van der Waals surface area contributed by atoms with Gasteiger partial charge in [-0.1, -0.05) is 15.9 Å². The summed E-state index contributed by atoms with van der Waals surface area (Å²) in [7, 11) is 0. The molecular formula is C18H36BrN5O9. The van der Waals surface area contributed by atoms with Crippen molar-refractivity contribution in [1.82, 2.24) is 0 Å². The fourth-order valence-corrected chi connectivity index (χ4v) is 4.96. The average molecular weight is 546 g/mol. The molecule has 0 bridgehead atoms. The van der Waals surface area contributed by atoms with E-state index in [1.54, 1.807) is 0 Å². The highest BCUT2D eigenvalue weighted by Crippen LogP contribution is 2.31. The van der Waals surface area contributed by atoms with E-state index in [2.05, 4.69) is 15.9 Å². The van der Waals surface area contributed by atoms with Crippen molar-refractivity contribution in [3.05, 3.63) is 0 Å². The maximum Gasteiger partial charge on any atom is 0.186 e. The van der Waals surface area contributed by atoms with Crippen molar-refractivity contribution in [3.8, 4) is 0 Å². The van der Waals surface area contributed by atoms with Crippen LogP contribution in [-0.2, 0) is 18.9 Å². The molecule has 0 unspecified atom stereocenters. The monoisotopic (exact) mass is 545 g/mol. The number of halogens is 1. The molecule has 194 valence electrons. The van der Waals surface area contributed by atoms with Gasteiger partial charge in [-0.3, -0.25) is 0 Å². The Morgan fingerprint density at radius 3 is 1.79 bits per heavy atom. The molecule has 14 nitrogen and oxygen atoms in total. The van der Waals surface area contributed by atoms with Crippen LogP contribution in [0.15, 0.2) is 0 Å². The minimum absolute atomic E-state index is 0.0988. The quantitative estimate of drug-likeness (QED) is 0.139. The second kappa shape index (κ2) is 11.3. The molecule has 2 saturated heterocycles. The number of hydrogen-bond acceptors (Lipinski definition) is 14. The van der Waals surface area contributed by atoms with Crippen molar-refractivity contribution in [2.75, 3.05) is 11.9 Å². The molecule has 3 aliphatic rings. The van der Waals surface area contributed by atoms with E-state index in [0.717, 1.165) is 0 Å². The van der Waals surface area contributed by atoms with Gasteiger partial charge in [-0.05, 0) is 6.42 Å². The fourth-order valence-electron chi connectivity index (χ4n) is 4.42. The highest BCUT2D eigenvalue weighted by molar-refractivity contribution is 9.09. The molecule has 1 aliphatic carbocycles. The van der Waals surface area contributed by atoms with Gasteiger partial charge in [0.2, 0.25) is 0 Å². The SMILES string of the molecule is NC[C@H]1O[C@H](O[C@H]2[C@H](O)[C@@H](O[C@H]3O[C@H](CBr)[C@@H](O)[C@H](N)[C@H]3O)[C@H](N)C[C@@H]2N)[C@H](N)[C@@H](O)[C@@H]1O. The lowest BCUT2D eigenvalue weighted by Gasteiger charge is -2.48. The van der Waals surface area contributed by atoms with E-state index in [9.17, 15) is 25.5 Å². The number of aliphatic hydroxyl groups is 5. The Morgan fingerprint density at radius 2 is 1.24 bits per heavy atom. The summed E-state index contributed by atoms with van der Waals surface area (Å²) < 4.78 is 22.8. The van der Waals surface area contributed by atoms with Gasteiger partial charge < -0.3 is 73.1 Å². The van der Waals surface area contributed by atoms with Crippen LogP contribution in [0.3, 0.4) is 0 Å². The Kier molecular flexibility index (Phi) is 9.44. The minimum atomic E-state index is -1.40. The fraction of sp³-hybridized carbons (Fsp3) is 1.00. The van der Waals surface area contributed by atoms with Crippen molar-refractivity contribution < 1.29 is 44.5 Å². The first kappa shape index (κ1) is 27.5. The van der Waals surface area contributed by atoms with Gasteiger partial charge in [-0.15, -0.1) is 0 Å². The van der Waals surface area contributed by atoms with Crippen LogP contribution in [0.4, 0.5) is 0 Å². The van der Waals surface area contributed by atoms with Crippen molar-refractivity contribution in [2.45, 2.75) is 98.1 Å². The van der Waals surface area contributed by atoms with Crippen LogP contribution < -0.4 is 28.7 Å². The Bertz CT molecular complexity index is 590. The molecule has 2 aliphatic heterocycles. The van der Waals surface area contributed by atoms with E-state index < -0.39 is 91.7 Å². The van der Waals surface area contributed by atoms with E-state index in [-0.39, 0.29) is 18.3 Å². The molecule has 0 spiro atoms. The molecular weight excluding hydrogens is 510 g/mol. The number of hydrogen-bond donors (Lipinski definition) is 10. The second-order valence-electron chi connectivity index (χ2n) is 8.85. The Morgan fingerprint density at radius 1 is 0.697 bits per heavy atom. The highest BCUT2D eigenvalue weighted by atomic mass is 79.9. The zero-order valence-corrected chi connectivity index (χ0v) is 19.5. The van der Waals surface area contributed by atoms with Crippen molar-refractivity contribution in [2.24, 2.45) is 28.7 Å². The molecule has 0 radical (unpaired) electrons. The summed E-state index contributed by atoms with van der Waals surface area (Å²) in [6.45, 7) is -0.0988. The van der Waals surface area contributed by atoms with Gasteiger partial charge in [-0.2, -0.15) is 0 Å². The number of alkyl halides is 1. The smallest absolute Gasteiger partial charge is 0.186 e. The predicted octanol–water partition coefficient (Wildman–Crippen LogP) is -5.92. The van der Waals surface area contributed by atoms with Gasteiger partial charge in [0.15, 0.2) is 12.6 Å². The lowest BCUT2D eigenvalue weighted by Crippen LogP contribution is -2.69. The lowest BCUT2D eigenvalue weighted by molar-refractivity contribution is -0.314. The third-order valence-electron chi connectivity index (χ3n) is 6.53. The molecule has 3 fully saturated rings. The second-order valence-corrected chi connectivity index (χ2v) is 9.50. The van der Waals surface area contributed by atoms with E-state index in [1.807, 2.05) is 0 Å². The lowest BCUT2D eigenvalue weighted by atomic mass is 9.84. The van der Waals surface area contributed by atoms with E-state index in [4.69, 9.17) is 47.6 Å². The van der Waals surface area contributed by atoms with Crippen molar-refractivity contribution >= 4 is 15.9 Å². The van der Waals surface area contributed by atoms with Crippen LogP contribution in [0.25, 0.3) is 0 Å². The standard InChI is InChI=1S/C18H36BrN5O9/c19-2-6-10(25)8(23)13(28)18(30-6)33-16-5(22)1-4(21)15(14(16)29)32-17-9(24)12(27)11(26)7(3-20)31-17/h4-18,25-29H,1-3,20-24H2/t4-,5+,6+,7+,8-,9+,10+,11+,12+,13+,14-,15+,16-,17+,18+/m0/s1. The molecule has 2 heterocycles.